The lowest BCUT2D eigenvalue weighted by atomic mass is 9.98. The summed E-state index contributed by atoms with van der Waals surface area (Å²) in [6, 6.07) is 23.0. The molecule has 1 aliphatic rings. The highest BCUT2D eigenvalue weighted by atomic mass is 15.2. The average Bonchev–Trinajstić information content (AvgIpc) is 3.00. The molecule has 1 saturated carbocycles. The second-order valence-corrected chi connectivity index (χ2v) is 6.72. The second kappa shape index (κ2) is 7.11. The zero-order valence-corrected chi connectivity index (χ0v) is 13.8. The van der Waals surface area contributed by atoms with Crippen LogP contribution < -0.4 is 0 Å². The van der Waals surface area contributed by atoms with Crippen LogP contribution in [0.2, 0.25) is 0 Å². The van der Waals surface area contributed by atoms with Crippen LogP contribution in [-0.4, -0.2) is 10.9 Å². The van der Waals surface area contributed by atoms with Gasteiger partial charge in [0.2, 0.25) is 0 Å². The maximum absolute atomic E-state index is 2.72. The molecule has 0 heterocycles. The fraction of sp³-hybridized carbons (Fsp3) is 0.429. The molecule has 3 rings (SSSR count). The molecule has 0 N–H and O–H groups in total. The molecular weight excluding hydrogens is 266 g/mol. The molecule has 1 heteroatoms. The maximum Gasteiger partial charge on any atom is 0.0326 e. The summed E-state index contributed by atoms with van der Waals surface area (Å²) in [7, 11) is 0. The largest absolute Gasteiger partial charge is 0.289 e. The van der Waals surface area contributed by atoms with Crippen molar-refractivity contribution >= 4 is 0 Å². The first-order chi connectivity index (χ1) is 10.8. The van der Waals surface area contributed by atoms with Gasteiger partial charge in [0.05, 0.1) is 0 Å². The van der Waals surface area contributed by atoms with Crippen LogP contribution in [0.15, 0.2) is 60.7 Å². The molecule has 0 radical (unpaired) electrons. The molecule has 1 nitrogen and oxygen atoms in total. The van der Waals surface area contributed by atoms with Gasteiger partial charge in [0.15, 0.2) is 0 Å². The summed E-state index contributed by atoms with van der Waals surface area (Å²) in [5, 5.41) is 0. The Morgan fingerprint density at radius 3 is 2.18 bits per heavy atom. The van der Waals surface area contributed by atoms with Gasteiger partial charge in [0.1, 0.15) is 0 Å². The summed E-state index contributed by atoms with van der Waals surface area (Å²) >= 11 is 0. The lowest BCUT2D eigenvalue weighted by Gasteiger charge is -2.37. The predicted molar refractivity (Wildman–Crippen MR) is 93.6 cm³/mol. The van der Waals surface area contributed by atoms with Crippen LogP contribution in [0.1, 0.15) is 50.3 Å². The quantitative estimate of drug-likeness (QED) is 0.709. The zero-order chi connectivity index (χ0) is 15.4. The number of nitrogens with zero attached hydrogens (tertiary/aromatic N) is 1. The highest BCUT2D eigenvalue weighted by Crippen LogP contribution is 2.35. The molecule has 0 aromatic heterocycles. The smallest absolute Gasteiger partial charge is 0.0326 e. The van der Waals surface area contributed by atoms with Gasteiger partial charge in [-0.05, 0) is 36.8 Å². The summed E-state index contributed by atoms with van der Waals surface area (Å²) in [6.07, 6.45) is 4.08. The fourth-order valence-corrected chi connectivity index (χ4v) is 3.88. The molecule has 2 aromatic rings. The van der Waals surface area contributed by atoms with Gasteiger partial charge >= 0.3 is 0 Å². The number of benzene rings is 2. The van der Waals surface area contributed by atoms with Crippen molar-refractivity contribution < 1.29 is 0 Å². The van der Waals surface area contributed by atoms with Crippen molar-refractivity contribution in [3.8, 4) is 0 Å². The van der Waals surface area contributed by atoms with Crippen molar-refractivity contribution in [3.63, 3.8) is 0 Å². The van der Waals surface area contributed by atoms with E-state index >= 15 is 0 Å². The number of hydrogen-bond donors (Lipinski definition) is 0. The van der Waals surface area contributed by atoms with E-state index in [0.717, 1.165) is 12.5 Å². The van der Waals surface area contributed by atoms with E-state index < -0.39 is 0 Å². The van der Waals surface area contributed by atoms with Gasteiger partial charge < -0.3 is 0 Å². The van der Waals surface area contributed by atoms with E-state index in [2.05, 4.69) is 79.4 Å². The van der Waals surface area contributed by atoms with Crippen LogP contribution in [0.4, 0.5) is 0 Å². The molecular formula is C21H27N. The zero-order valence-electron chi connectivity index (χ0n) is 13.8. The molecule has 1 unspecified atom stereocenters. The van der Waals surface area contributed by atoms with E-state index in [1.54, 1.807) is 0 Å². The Morgan fingerprint density at radius 2 is 1.59 bits per heavy atom. The Bertz CT molecular complexity index is 563. The van der Waals surface area contributed by atoms with Crippen LogP contribution in [-0.2, 0) is 6.54 Å². The van der Waals surface area contributed by atoms with Crippen molar-refractivity contribution in [2.24, 2.45) is 5.92 Å². The average molecular weight is 293 g/mol. The van der Waals surface area contributed by atoms with Crippen LogP contribution in [0.5, 0.6) is 0 Å². The molecule has 3 atom stereocenters. The van der Waals surface area contributed by atoms with Crippen molar-refractivity contribution in [2.45, 2.75) is 51.7 Å². The van der Waals surface area contributed by atoms with E-state index in [9.17, 15) is 0 Å². The molecule has 2 aromatic carbocycles. The molecule has 116 valence electrons. The monoisotopic (exact) mass is 293 g/mol. The van der Waals surface area contributed by atoms with E-state index in [0.29, 0.717) is 12.1 Å². The lowest BCUT2D eigenvalue weighted by molar-refractivity contribution is 0.110. The standard InChI is InChI=1S/C21H27N/c1-17-10-9-15-21(17)22(16-19-11-5-3-6-12-19)18(2)20-13-7-4-8-14-20/h3-8,11-14,17-18,21H,9-10,15-16H2,1-2H3/t17?,18-,21-/m1/s1. The van der Waals surface area contributed by atoms with Crippen molar-refractivity contribution in [3.05, 3.63) is 71.8 Å². The van der Waals surface area contributed by atoms with Crippen molar-refractivity contribution in [1.82, 2.24) is 4.90 Å². The molecule has 0 aliphatic heterocycles. The number of rotatable bonds is 5. The van der Waals surface area contributed by atoms with Gasteiger partial charge in [-0.1, -0.05) is 74.0 Å². The first-order valence-electron chi connectivity index (χ1n) is 8.60. The highest BCUT2D eigenvalue weighted by Gasteiger charge is 2.32. The van der Waals surface area contributed by atoms with Gasteiger partial charge in [-0.15, -0.1) is 0 Å². The van der Waals surface area contributed by atoms with Gasteiger partial charge in [0.25, 0.3) is 0 Å². The SMILES string of the molecule is CC1CCC[C@H]1N(Cc1ccccc1)[C@H](C)c1ccccc1. The summed E-state index contributed by atoms with van der Waals surface area (Å²) in [5.74, 6) is 0.801. The summed E-state index contributed by atoms with van der Waals surface area (Å²) in [5.41, 5.74) is 2.85. The lowest BCUT2D eigenvalue weighted by Crippen LogP contribution is -2.38. The predicted octanol–water partition coefficient (Wildman–Crippen LogP) is 5.44. The third-order valence-corrected chi connectivity index (χ3v) is 5.23. The fourth-order valence-electron chi connectivity index (χ4n) is 3.88. The Labute approximate surface area is 135 Å². The molecule has 0 saturated heterocycles. The molecule has 0 bridgehead atoms. The topological polar surface area (TPSA) is 3.24 Å². The third-order valence-electron chi connectivity index (χ3n) is 5.23. The van der Waals surface area contributed by atoms with Crippen LogP contribution in [0.25, 0.3) is 0 Å². The highest BCUT2D eigenvalue weighted by molar-refractivity contribution is 5.20. The van der Waals surface area contributed by atoms with Crippen LogP contribution in [0.3, 0.4) is 0 Å². The first kappa shape index (κ1) is 15.3. The minimum absolute atomic E-state index is 0.465. The molecule has 22 heavy (non-hydrogen) atoms. The second-order valence-electron chi connectivity index (χ2n) is 6.72. The Morgan fingerprint density at radius 1 is 0.955 bits per heavy atom. The van der Waals surface area contributed by atoms with Crippen molar-refractivity contribution in [1.29, 1.82) is 0 Å². The summed E-state index contributed by atoms with van der Waals surface area (Å²) in [4.78, 5) is 2.72. The van der Waals surface area contributed by atoms with Crippen LogP contribution >= 0.6 is 0 Å². The Hall–Kier alpha value is -1.60. The Kier molecular flexibility index (Phi) is 4.94. The van der Waals surface area contributed by atoms with E-state index in [-0.39, 0.29) is 0 Å². The minimum atomic E-state index is 0.465. The summed E-state index contributed by atoms with van der Waals surface area (Å²) < 4.78 is 0. The molecule has 0 amide bonds. The van der Waals surface area contributed by atoms with Gasteiger partial charge in [-0.25, -0.2) is 0 Å². The van der Waals surface area contributed by atoms with Gasteiger partial charge in [-0.2, -0.15) is 0 Å². The van der Waals surface area contributed by atoms with Crippen molar-refractivity contribution in [2.75, 3.05) is 0 Å². The first-order valence-corrected chi connectivity index (χ1v) is 8.60. The van der Waals surface area contributed by atoms with E-state index in [1.807, 2.05) is 0 Å². The maximum atomic E-state index is 2.72. The molecule has 1 fully saturated rings. The minimum Gasteiger partial charge on any atom is -0.289 e. The van der Waals surface area contributed by atoms with Gasteiger partial charge in [0, 0.05) is 18.6 Å². The summed E-state index contributed by atoms with van der Waals surface area (Å²) in [6.45, 7) is 5.84. The third kappa shape index (κ3) is 3.41. The number of hydrogen-bond acceptors (Lipinski definition) is 1. The Balaban J connectivity index is 1.85. The van der Waals surface area contributed by atoms with E-state index in [1.165, 1.54) is 30.4 Å². The van der Waals surface area contributed by atoms with Crippen LogP contribution in [0, 0.1) is 5.92 Å². The van der Waals surface area contributed by atoms with E-state index in [4.69, 9.17) is 0 Å². The van der Waals surface area contributed by atoms with Gasteiger partial charge in [-0.3, -0.25) is 4.90 Å². The molecule has 0 spiro atoms. The normalized spacial score (nSPS) is 22.9. The molecule has 1 aliphatic carbocycles.